The van der Waals surface area contributed by atoms with Crippen molar-refractivity contribution in [2.45, 2.75) is 0 Å². The average molecular weight is 156 g/mol. The molecule has 8 heavy (non-hydrogen) atoms. The molecule has 0 heterocycles. The van der Waals surface area contributed by atoms with Gasteiger partial charge >= 0.3 is 4.70 Å². The van der Waals surface area contributed by atoms with Crippen molar-refractivity contribution in [3.63, 3.8) is 0 Å². The zero-order valence-corrected chi connectivity index (χ0v) is 5.53. The molecule has 0 aliphatic carbocycles. The summed E-state index contributed by atoms with van der Waals surface area (Å²) < 4.78 is -0.889. The Hall–Kier alpha value is -0.370. The molecule has 3 nitrogen and oxygen atoms in total. The SMILES string of the molecule is CN=C=O.O=C(Cl)Cl. The molecule has 0 bridgehead atoms. The van der Waals surface area contributed by atoms with Crippen molar-refractivity contribution < 1.29 is 9.59 Å². The van der Waals surface area contributed by atoms with Gasteiger partial charge in [-0.05, 0) is 23.2 Å². The molecule has 0 aliphatic heterocycles. The summed E-state index contributed by atoms with van der Waals surface area (Å²) in [6, 6.07) is 0. The van der Waals surface area contributed by atoms with Crippen LogP contribution in [0.5, 0.6) is 0 Å². The first-order valence-electron chi connectivity index (χ1n) is 1.46. The third-order valence-corrected chi connectivity index (χ3v) is 0.0913. The second kappa shape index (κ2) is 9.80. The predicted molar refractivity (Wildman–Crippen MR) is 31.1 cm³/mol. The molecular formula is C3H3Cl2NO2. The van der Waals surface area contributed by atoms with Crippen molar-refractivity contribution in [3.05, 3.63) is 0 Å². The highest BCUT2D eigenvalue weighted by molar-refractivity contribution is 6.93. The third-order valence-electron chi connectivity index (χ3n) is 0.0913. The number of halogens is 2. The van der Waals surface area contributed by atoms with Gasteiger partial charge in [0, 0.05) is 7.05 Å². The van der Waals surface area contributed by atoms with Crippen molar-refractivity contribution in [2.24, 2.45) is 4.99 Å². The lowest BCUT2D eigenvalue weighted by atomic mass is 11.4. The van der Waals surface area contributed by atoms with Crippen molar-refractivity contribution >= 4 is 34.0 Å². The number of isocyanates is 1. The van der Waals surface area contributed by atoms with Crippen molar-refractivity contribution in [3.8, 4) is 0 Å². The van der Waals surface area contributed by atoms with Crippen LogP contribution in [0, 0.1) is 0 Å². The van der Waals surface area contributed by atoms with Crippen LogP contribution in [0.25, 0.3) is 0 Å². The Kier molecular flexibility index (Phi) is 13.0. The number of nitrogens with zero attached hydrogens (tertiary/aromatic N) is 1. The van der Waals surface area contributed by atoms with Crippen molar-refractivity contribution in [2.75, 3.05) is 7.05 Å². The molecule has 0 aromatic heterocycles. The van der Waals surface area contributed by atoms with Crippen LogP contribution >= 0.6 is 23.2 Å². The van der Waals surface area contributed by atoms with Crippen LogP contribution in [-0.2, 0) is 4.79 Å². The van der Waals surface area contributed by atoms with Crippen LogP contribution in [0.3, 0.4) is 0 Å². The number of rotatable bonds is 0. The molecule has 0 aromatic carbocycles. The molecule has 0 radical (unpaired) electrons. The van der Waals surface area contributed by atoms with E-state index >= 15 is 0 Å². The van der Waals surface area contributed by atoms with Crippen LogP contribution in [0.4, 0.5) is 4.79 Å². The van der Waals surface area contributed by atoms with E-state index in [2.05, 4.69) is 28.2 Å². The first-order valence-corrected chi connectivity index (χ1v) is 2.21. The van der Waals surface area contributed by atoms with E-state index in [9.17, 15) is 0 Å². The minimum atomic E-state index is -0.889. The molecule has 0 amide bonds. The quantitative estimate of drug-likeness (QED) is 0.303. The van der Waals surface area contributed by atoms with Gasteiger partial charge in [0.2, 0.25) is 6.08 Å². The van der Waals surface area contributed by atoms with Crippen molar-refractivity contribution in [1.82, 2.24) is 0 Å². The fourth-order valence-electron chi connectivity index (χ4n) is 0. The highest BCUT2D eigenvalue weighted by Crippen LogP contribution is 1.84. The number of hydrogen-bond donors (Lipinski definition) is 0. The molecule has 0 rings (SSSR count). The summed E-state index contributed by atoms with van der Waals surface area (Å²) in [5.74, 6) is 0. The Balaban J connectivity index is 0. The Morgan fingerprint density at radius 1 is 1.62 bits per heavy atom. The van der Waals surface area contributed by atoms with Crippen molar-refractivity contribution in [1.29, 1.82) is 0 Å². The van der Waals surface area contributed by atoms with Gasteiger partial charge in [-0.3, -0.25) is 4.79 Å². The smallest absolute Gasteiger partial charge is 0.262 e. The zero-order chi connectivity index (χ0) is 6.99. The van der Waals surface area contributed by atoms with E-state index in [0.29, 0.717) is 0 Å². The number of hydrogen-bond acceptors (Lipinski definition) is 3. The van der Waals surface area contributed by atoms with E-state index in [-0.39, 0.29) is 0 Å². The zero-order valence-electron chi connectivity index (χ0n) is 4.02. The molecule has 0 atom stereocenters. The van der Waals surface area contributed by atoms with E-state index in [0.717, 1.165) is 0 Å². The van der Waals surface area contributed by atoms with Crippen LogP contribution in [0.15, 0.2) is 4.99 Å². The normalized spacial score (nSPS) is 5.38. The second-order valence-electron chi connectivity index (χ2n) is 0.541. The number of aliphatic imine (C=N–C) groups is 1. The van der Waals surface area contributed by atoms with Gasteiger partial charge in [0.1, 0.15) is 0 Å². The number of carbonyl (C=O) groups excluding carboxylic acids is 2. The average Bonchev–Trinajstić information content (AvgIpc) is 1.65. The van der Waals surface area contributed by atoms with Gasteiger partial charge in [0.25, 0.3) is 0 Å². The molecule has 0 N–H and O–H groups in total. The van der Waals surface area contributed by atoms with Gasteiger partial charge in [-0.25, -0.2) is 9.79 Å². The van der Waals surface area contributed by atoms with Gasteiger partial charge in [-0.1, -0.05) is 0 Å². The Morgan fingerprint density at radius 2 is 1.75 bits per heavy atom. The maximum Gasteiger partial charge on any atom is 0.313 e. The van der Waals surface area contributed by atoms with Gasteiger partial charge in [-0.2, -0.15) is 0 Å². The monoisotopic (exact) mass is 155 g/mol. The summed E-state index contributed by atoms with van der Waals surface area (Å²) in [7, 11) is 1.38. The summed E-state index contributed by atoms with van der Waals surface area (Å²) in [4.78, 5) is 20.8. The van der Waals surface area contributed by atoms with E-state index in [1.807, 2.05) is 0 Å². The maximum atomic E-state index is 8.98. The first kappa shape index (κ1) is 10.6. The lowest BCUT2D eigenvalue weighted by Crippen LogP contribution is -1.46. The van der Waals surface area contributed by atoms with E-state index in [4.69, 9.17) is 9.59 Å². The standard InChI is InChI=1S/C2H3NO.CCl2O/c1-3-2-4;2-1(3)4/h1H3;. The lowest BCUT2D eigenvalue weighted by molar-refractivity contribution is 0.275. The van der Waals surface area contributed by atoms with Gasteiger partial charge in [-0.15, -0.1) is 0 Å². The summed E-state index contributed by atoms with van der Waals surface area (Å²) in [5, 5.41) is 0. The molecular weight excluding hydrogens is 153 g/mol. The molecule has 46 valence electrons. The van der Waals surface area contributed by atoms with Crippen LogP contribution in [-0.4, -0.2) is 17.8 Å². The summed E-state index contributed by atoms with van der Waals surface area (Å²) in [5.41, 5.74) is 0. The van der Waals surface area contributed by atoms with E-state index in [1.54, 1.807) is 0 Å². The first-order chi connectivity index (χ1) is 3.65. The molecule has 0 spiro atoms. The topological polar surface area (TPSA) is 46.5 Å². The molecule has 0 fully saturated rings. The lowest BCUT2D eigenvalue weighted by Gasteiger charge is -1.48. The highest BCUT2D eigenvalue weighted by atomic mass is 35.5. The fraction of sp³-hybridized carbons (Fsp3) is 0.333. The van der Waals surface area contributed by atoms with Gasteiger partial charge in [0.15, 0.2) is 0 Å². The van der Waals surface area contributed by atoms with E-state index < -0.39 is 4.70 Å². The maximum absolute atomic E-state index is 8.98. The van der Waals surface area contributed by atoms with E-state index in [1.165, 1.54) is 13.1 Å². The minimum Gasteiger partial charge on any atom is -0.262 e. The summed E-state index contributed by atoms with van der Waals surface area (Å²) in [6.45, 7) is 0. The summed E-state index contributed by atoms with van der Waals surface area (Å²) >= 11 is 8.80. The Labute approximate surface area is 56.3 Å². The molecule has 0 saturated heterocycles. The summed E-state index contributed by atoms with van der Waals surface area (Å²) in [6.07, 6.45) is 1.31. The second-order valence-corrected chi connectivity index (χ2v) is 1.42. The molecule has 0 unspecified atom stereocenters. The van der Waals surface area contributed by atoms with Crippen LogP contribution < -0.4 is 0 Å². The minimum absolute atomic E-state index is 0.889. The Morgan fingerprint density at radius 3 is 1.75 bits per heavy atom. The Bertz CT molecular complexity index is 104. The van der Waals surface area contributed by atoms with Crippen LogP contribution in [0.1, 0.15) is 0 Å². The molecule has 0 saturated carbocycles. The molecule has 0 aromatic rings. The third kappa shape index (κ3) is 304. The molecule has 5 heteroatoms. The van der Waals surface area contributed by atoms with Gasteiger partial charge < -0.3 is 0 Å². The largest absolute Gasteiger partial charge is 0.313 e. The fourth-order valence-corrected chi connectivity index (χ4v) is 0. The molecule has 0 aliphatic rings. The predicted octanol–water partition coefficient (Wildman–Crippen LogP) is 1.54. The number of carbonyl (C=O) groups is 1. The van der Waals surface area contributed by atoms with Crippen LogP contribution in [0.2, 0.25) is 0 Å². The van der Waals surface area contributed by atoms with Gasteiger partial charge in [0.05, 0.1) is 0 Å². The highest BCUT2D eigenvalue weighted by Gasteiger charge is 1.72.